The third-order valence-electron chi connectivity index (χ3n) is 6.40. The topological polar surface area (TPSA) is 39.5 Å². The molecule has 1 aliphatic heterocycles. The summed E-state index contributed by atoms with van der Waals surface area (Å²) in [4.78, 5) is 5.02. The summed E-state index contributed by atoms with van der Waals surface area (Å²) in [7, 11) is 0. The lowest BCUT2D eigenvalue weighted by molar-refractivity contribution is 0.115. The van der Waals surface area contributed by atoms with E-state index in [9.17, 15) is 4.39 Å². The zero-order valence-electron chi connectivity index (χ0n) is 19.3. The molecule has 2 aromatic rings. The zero-order chi connectivity index (χ0) is 22.6. The first-order chi connectivity index (χ1) is 15.7. The Hall–Kier alpha value is -2.42. The smallest absolute Gasteiger partial charge is 0.123 e. The number of rotatable bonds is 12. The van der Waals surface area contributed by atoms with Gasteiger partial charge in [0.25, 0.3) is 0 Å². The van der Waals surface area contributed by atoms with Crippen LogP contribution in [0.2, 0.25) is 0 Å². The molecule has 2 aromatic carbocycles. The van der Waals surface area contributed by atoms with Gasteiger partial charge in [0.2, 0.25) is 0 Å². The standard InChI is InChI=1S/C27H36FN3O/c1-2-3-5-24(25-9-7-23(22-29)8-10-25)6-4-15-30-16-18-31(19-17-30)20-21-32-27-13-11-26(28)12-14-27/h7-14,24H,2-6,15-21H2,1H3. The Morgan fingerprint density at radius 1 is 0.906 bits per heavy atom. The van der Waals surface area contributed by atoms with Crippen LogP contribution >= 0.6 is 0 Å². The monoisotopic (exact) mass is 437 g/mol. The van der Waals surface area contributed by atoms with E-state index >= 15 is 0 Å². The predicted octanol–water partition coefficient (Wildman–Crippen LogP) is 5.45. The van der Waals surface area contributed by atoms with Gasteiger partial charge in [-0.25, -0.2) is 4.39 Å². The lowest BCUT2D eigenvalue weighted by Gasteiger charge is -2.34. The SMILES string of the molecule is CCCCC(CCCN1CCN(CCOc2ccc(F)cc2)CC1)c1ccc(C#N)cc1. The summed E-state index contributed by atoms with van der Waals surface area (Å²) < 4.78 is 18.7. The molecule has 0 spiro atoms. The molecular formula is C27H36FN3O. The lowest BCUT2D eigenvalue weighted by Crippen LogP contribution is -2.47. The van der Waals surface area contributed by atoms with Gasteiger partial charge >= 0.3 is 0 Å². The van der Waals surface area contributed by atoms with Gasteiger partial charge in [-0.1, -0.05) is 31.9 Å². The van der Waals surface area contributed by atoms with Gasteiger partial charge in [-0.05, 0) is 73.7 Å². The number of nitriles is 1. The summed E-state index contributed by atoms with van der Waals surface area (Å²) in [5.41, 5.74) is 2.12. The number of piperazine rings is 1. The Bertz CT molecular complexity index is 823. The predicted molar refractivity (Wildman–Crippen MR) is 127 cm³/mol. The molecule has 1 heterocycles. The van der Waals surface area contributed by atoms with Crippen LogP contribution < -0.4 is 4.74 Å². The van der Waals surface area contributed by atoms with Crippen LogP contribution in [0.5, 0.6) is 5.75 Å². The number of unbranched alkanes of at least 4 members (excludes halogenated alkanes) is 1. The second kappa shape index (κ2) is 13.2. The van der Waals surface area contributed by atoms with Crippen LogP contribution in [0.3, 0.4) is 0 Å². The number of ether oxygens (including phenoxy) is 1. The molecule has 32 heavy (non-hydrogen) atoms. The molecule has 4 nitrogen and oxygen atoms in total. The summed E-state index contributed by atoms with van der Waals surface area (Å²) in [6.07, 6.45) is 6.12. The van der Waals surface area contributed by atoms with Gasteiger partial charge in [0.1, 0.15) is 18.2 Å². The van der Waals surface area contributed by atoms with Crippen molar-refractivity contribution in [2.75, 3.05) is 45.9 Å². The summed E-state index contributed by atoms with van der Waals surface area (Å²) in [6, 6.07) is 16.6. The number of hydrogen-bond acceptors (Lipinski definition) is 4. The van der Waals surface area contributed by atoms with Crippen molar-refractivity contribution in [2.24, 2.45) is 0 Å². The van der Waals surface area contributed by atoms with E-state index in [1.165, 1.54) is 49.8 Å². The van der Waals surface area contributed by atoms with Gasteiger partial charge in [-0.3, -0.25) is 4.90 Å². The molecule has 0 saturated carbocycles. The minimum Gasteiger partial charge on any atom is -0.492 e. The Morgan fingerprint density at radius 3 is 2.16 bits per heavy atom. The van der Waals surface area contributed by atoms with Gasteiger partial charge in [0, 0.05) is 32.7 Å². The average molecular weight is 438 g/mol. The van der Waals surface area contributed by atoms with Crippen LogP contribution in [0, 0.1) is 17.1 Å². The molecule has 172 valence electrons. The van der Waals surface area contributed by atoms with E-state index in [1.54, 1.807) is 12.1 Å². The van der Waals surface area contributed by atoms with Crippen LogP contribution in [0.15, 0.2) is 48.5 Å². The van der Waals surface area contributed by atoms with Crippen LogP contribution in [0.1, 0.15) is 56.1 Å². The molecular weight excluding hydrogens is 401 g/mol. The minimum atomic E-state index is -0.234. The van der Waals surface area contributed by atoms with E-state index < -0.39 is 0 Å². The zero-order valence-corrected chi connectivity index (χ0v) is 19.3. The van der Waals surface area contributed by atoms with Crippen molar-refractivity contribution in [2.45, 2.75) is 44.9 Å². The molecule has 1 unspecified atom stereocenters. The second-order valence-corrected chi connectivity index (χ2v) is 8.70. The molecule has 1 atom stereocenters. The molecule has 3 rings (SSSR count). The summed E-state index contributed by atoms with van der Waals surface area (Å²) in [5.74, 6) is 1.08. The number of hydrogen-bond donors (Lipinski definition) is 0. The van der Waals surface area contributed by atoms with Crippen LogP contribution in [-0.4, -0.2) is 55.7 Å². The number of halogens is 1. The fourth-order valence-electron chi connectivity index (χ4n) is 4.38. The van der Waals surface area contributed by atoms with Crippen LogP contribution in [0.4, 0.5) is 4.39 Å². The van der Waals surface area contributed by atoms with Gasteiger partial charge in [-0.2, -0.15) is 5.26 Å². The van der Waals surface area contributed by atoms with E-state index in [4.69, 9.17) is 10.00 Å². The van der Waals surface area contributed by atoms with Crippen molar-refractivity contribution in [3.63, 3.8) is 0 Å². The van der Waals surface area contributed by atoms with Gasteiger partial charge in [0.15, 0.2) is 0 Å². The summed E-state index contributed by atoms with van der Waals surface area (Å²) in [6.45, 7) is 9.29. The second-order valence-electron chi connectivity index (χ2n) is 8.70. The molecule has 0 aromatic heterocycles. The molecule has 0 radical (unpaired) electrons. The first-order valence-electron chi connectivity index (χ1n) is 12.0. The van der Waals surface area contributed by atoms with Crippen LogP contribution in [0.25, 0.3) is 0 Å². The third kappa shape index (κ3) is 7.93. The average Bonchev–Trinajstić information content (AvgIpc) is 2.83. The highest BCUT2D eigenvalue weighted by atomic mass is 19.1. The lowest BCUT2D eigenvalue weighted by atomic mass is 9.89. The first kappa shape index (κ1) is 24.2. The number of benzene rings is 2. The normalized spacial score (nSPS) is 15.9. The Kier molecular flexibility index (Phi) is 9.99. The molecule has 0 N–H and O–H groups in total. The van der Waals surface area contributed by atoms with Crippen molar-refractivity contribution in [1.29, 1.82) is 5.26 Å². The summed E-state index contributed by atoms with van der Waals surface area (Å²) >= 11 is 0. The van der Waals surface area contributed by atoms with Crippen molar-refractivity contribution in [3.05, 3.63) is 65.5 Å². The van der Waals surface area contributed by atoms with Crippen molar-refractivity contribution in [1.82, 2.24) is 9.80 Å². The first-order valence-corrected chi connectivity index (χ1v) is 12.0. The van der Waals surface area contributed by atoms with E-state index in [0.29, 0.717) is 12.5 Å². The van der Waals surface area contributed by atoms with E-state index in [0.717, 1.165) is 50.6 Å². The molecule has 0 bridgehead atoms. The quantitative estimate of drug-likeness (QED) is 0.443. The fourth-order valence-corrected chi connectivity index (χ4v) is 4.38. The maximum absolute atomic E-state index is 13.0. The Labute approximate surface area is 192 Å². The highest BCUT2D eigenvalue weighted by Gasteiger charge is 2.17. The Morgan fingerprint density at radius 2 is 1.53 bits per heavy atom. The molecule has 1 saturated heterocycles. The van der Waals surface area contributed by atoms with E-state index in [-0.39, 0.29) is 5.82 Å². The van der Waals surface area contributed by atoms with Crippen LogP contribution in [-0.2, 0) is 0 Å². The summed E-state index contributed by atoms with van der Waals surface area (Å²) in [5, 5.41) is 9.04. The molecule has 1 aliphatic rings. The van der Waals surface area contributed by atoms with Gasteiger partial charge in [0.05, 0.1) is 11.6 Å². The molecule has 0 amide bonds. The molecule has 0 aliphatic carbocycles. The van der Waals surface area contributed by atoms with E-state index in [1.807, 2.05) is 12.1 Å². The van der Waals surface area contributed by atoms with Crippen molar-refractivity contribution < 1.29 is 9.13 Å². The number of nitrogens with zero attached hydrogens (tertiary/aromatic N) is 3. The van der Waals surface area contributed by atoms with Gasteiger partial charge in [-0.15, -0.1) is 0 Å². The molecule has 5 heteroatoms. The highest BCUT2D eigenvalue weighted by Crippen LogP contribution is 2.27. The van der Waals surface area contributed by atoms with E-state index in [2.05, 4.69) is 34.9 Å². The van der Waals surface area contributed by atoms with Crippen molar-refractivity contribution in [3.8, 4) is 11.8 Å². The Balaban J connectivity index is 1.34. The maximum Gasteiger partial charge on any atom is 0.123 e. The fraction of sp³-hybridized carbons (Fsp3) is 0.519. The molecule has 1 fully saturated rings. The third-order valence-corrected chi connectivity index (χ3v) is 6.40. The maximum atomic E-state index is 13.0. The minimum absolute atomic E-state index is 0.234. The van der Waals surface area contributed by atoms with Gasteiger partial charge < -0.3 is 9.64 Å². The largest absolute Gasteiger partial charge is 0.492 e. The van der Waals surface area contributed by atoms with Crippen molar-refractivity contribution >= 4 is 0 Å². The highest BCUT2D eigenvalue weighted by molar-refractivity contribution is 5.33.